The quantitative estimate of drug-likeness (QED) is 0.443. The number of benzene rings is 1. The normalized spacial score (nSPS) is 19.4. The number of piperidine rings is 1. The highest BCUT2D eigenvalue weighted by Crippen LogP contribution is 2.32. The van der Waals surface area contributed by atoms with Crippen molar-refractivity contribution < 1.29 is 24.3 Å². The van der Waals surface area contributed by atoms with Crippen molar-refractivity contribution in [1.82, 2.24) is 15.5 Å². The third-order valence-corrected chi connectivity index (χ3v) is 4.30. The molecule has 0 saturated carbocycles. The number of carbonyl (C=O) groups excluding carboxylic acids is 3. The van der Waals surface area contributed by atoms with Crippen LogP contribution >= 0.6 is 0 Å². The molecule has 1 aromatic carbocycles. The van der Waals surface area contributed by atoms with Crippen molar-refractivity contribution in [3.05, 3.63) is 29.3 Å². The van der Waals surface area contributed by atoms with Crippen LogP contribution in [0.3, 0.4) is 0 Å². The van der Waals surface area contributed by atoms with Crippen LogP contribution in [-0.2, 0) is 16.1 Å². The summed E-state index contributed by atoms with van der Waals surface area (Å²) in [5.74, 6) is -1.01. The minimum absolute atomic E-state index is 0.211. The molecule has 0 radical (unpaired) electrons. The molecule has 2 aliphatic heterocycles. The second-order valence-corrected chi connectivity index (χ2v) is 5.89. The molecular formula is C16H18N4O5. The SMILES string of the molecule is O=C(O)NCCNc1cccc2c1CN(C1CCC(=O)NC1=O)C2=O. The zero-order valence-electron chi connectivity index (χ0n) is 13.4. The number of hydrogen-bond donors (Lipinski definition) is 4. The monoisotopic (exact) mass is 346 g/mol. The Morgan fingerprint density at radius 3 is 2.80 bits per heavy atom. The van der Waals surface area contributed by atoms with Crippen LogP contribution < -0.4 is 16.0 Å². The van der Waals surface area contributed by atoms with Gasteiger partial charge in [-0.15, -0.1) is 0 Å². The van der Waals surface area contributed by atoms with E-state index in [0.717, 1.165) is 11.3 Å². The Morgan fingerprint density at radius 1 is 1.28 bits per heavy atom. The highest BCUT2D eigenvalue weighted by molar-refractivity contribution is 6.06. The molecule has 2 aliphatic rings. The largest absolute Gasteiger partial charge is 0.465 e. The van der Waals surface area contributed by atoms with E-state index in [1.54, 1.807) is 18.2 Å². The Morgan fingerprint density at radius 2 is 2.08 bits per heavy atom. The lowest BCUT2D eigenvalue weighted by atomic mass is 10.0. The first kappa shape index (κ1) is 16.7. The van der Waals surface area contributed by atoms with E-state index in [9.17, 15) is 19.2 Å². The standard InChI is InChI=1S/C16H18N4O5/c21-13-5-4-12(14(22)19-13)20-8-10-9(15(20)23)2-1-3-11(10)17-6-7-18-16(24)25/h1-3,12,17-18H,4-8H2,(H,24,25)(H,19,21,22). The van der Waals surface area contributed by atoms with Gasteiger partial charge in [-0.25, -0.2) is 4.79 Å². The lowest BCUT2D eigenvalue weighted by Crippen LogP contribution is -2.52. The molecule has 9 nitrogen and oxygen atoms in total. The Bertz CT molecular complexity index is 748. The fourth-order valence-electron chi connectivity index (χ4n) is 3.12. The van der Waals surface area contributed by atoms with Crippen molar-refractivity contribution in [3.63, 3.8) is 0 Å². The zero-order chi connectivity index (χ0) is 18.0. The first-order valence-corrected chi connectivity index (χ1v) is 7.94. The molecule has 0 aliphatic carbocycles. The molecule has 3 rings (SSSR count). The van der Waals surface area contributed by atoms with Gasteiger partial charge in [0.05, 0.1) is 0 Å². The Balaban J connectivity index is 1.72. The van der Waals surface area contributed by atoms with Gasteiger partial charge in [0.15, 0.2) is 0 Å². The molecule has 9 heteroatoms. The number of anilines is 1. The van der Waals surface area contributed by atoms with Crippen LogP contribution in [0, 0.1) is 0 Å². The molecule has 1 aromatic rings. The number of rotatable bonds is 5. The van der Waals surface area contributed by atoms with Crippen molar-refractivity contribution in [3.8, 4) is 0 Å². The van der Waals surface area contributed by atoms with Crippen molar-refractivity contribution in [2.75, 3.05) is 18.4 Å². The summed E-state index contributed by atoms with van der Waals surface area (Å²) in [4.78, 5) is 47.9. The van der Waals surface area contributed by atoms with Crippen LogP contribution in [0.1, 0.15) is 28.8 Å². The van der Waals surface area contributed by atoms with Gasteiger partial charge in [-0.05, 0) is 18.6 Å². The lowest BCUT2D eigenvalue weighted by molar-refractivity contribution is -0.136. The first-order chi connectivity index (χ1) is 12.0. The van der Waals surface area contributed by atoms with E-state index >= 15 is 0 Å². The molecule has 0 aromatic heterocycles. The fraction of sp³-hybridized carbons (Fsp3) is 0.375. The Hall–Kier alpha value is -3.10. The summed E-state index contributed by atoms with van der Waals surface area (Å²) < 4.78 is 0. The summed E-state index contributed by atoms with van der Waals surface area (Å²) in [6, 6.07) is 4.59. The maximum absolute atomic E-state index is 12.6. The Labute approximate surface area is 143 Å². The Kier molecular flexibility index (Phi) is 4.55. The first-order valence-electron chi connectivity index (χ1n) is 7.94. The second kappa shape index (κ2) is 6.80. The van der Waals surface area contributed by atoms with Gasteiger partial charge in [-0.2, -0.15) is 0 Å². The van der Waals surface area contributed by atoms with Crippen LogP contribution in [0.15, 0.2) is 18.2 Å². The predicted molar refractivity (Wildman–Crippen MR) is 87.0 cm³/mol. The van der Waals surface area contributed by atoms with Crippen molar-refractivity contribution in [1.29, 1.82) is 0 Å². The van der Waals surface area contributed by atoms with Gasteiger partial charge in [0.1, 0.15) is 6.04 Å². The molecule has 1 saturated heterocycles. The molecule has 1 fully saturated rings. The van der Waals surface area contributed by atoms with Crippen LogP contribution in [0.25, 0.3) is 0 Å². The minimum Gasteiger partial charge on any atom is -0.465 e. The maximum atomic E-state index is 12.6. The molecule has 0 bridgehead atoms. The van der Waals surface area contributed by atoms with Gasteiger partial charge in [-0.3, -0.25) is 19.7 Å². The van der Waals surface area contributed by atoms with E-state index in [0.29, 0.717) is 18.5 Å². The number of hydrogen-bond acceptors (Lipinski definition) is 5. The number of nitrogens with one attached hydrogen (secondary N) is 3. The third kappa shape index (κ3) is 3.39. The molecule has 1 unspecified atom stereocenters. The summed E-state index contributed by atoms with van der Waals surface area (Å²) in [5.41, 5.74) is 2.02. The average Bonchev–Trinajstić information content (AvgIpc) is 2.89. The molecule has 132 valence electrons. The van der Waals surface area contributed by atoms with E-state index < -0.39 is 18.0 Å². The third-order valence-electron chi connectivity index (χ3n) is 4.30. The molecule has 25 heavy (non-hydrogen) atoms. The van der Waals surface area contributed by atoms with E-state index in [1.807, 2.05) is 0 Å². The fourth-order valence-corrected chi connectivity index (χ4v) is 3.12. The maximum Gasteiger partial charge on any atom is 0.404 e. The number of imide groups is 1. The number of carbonyl (C=O) groups is 4. The molecule has 4 amide bonds. The van der Waals surface area contributed by atoms with Crippen LogP contribution in [0.2, 0.25) is 0 Å². The topological polar surface area (TPSA) is 128 Å². The van der Waals surface area contributed by atoms with Crippen molar-refractivity contribution >= 4 is 29.5 Å². The highest BCUT2D eigenvalue weighted by atomic mass is 16.4. The van der Waals surface area contributed by atoms with E-state index in [2.05, 4.69) is 16.0 Å². The lowest BCUT2D eigenvalue weighted by Gasteiger charge is -2.29. The van der Waals surface area contributed by atoms with Gasteiger partial charge >= 0.3 is 6.09 Å². The number of amides is 4. The number of fused-ring (bicyclic) bond motifs is 1. The highest BCUT2D eigenvalue weighted by Gasteiger charge is 2.39. The predicted octanol–water partition coefficient (Wildman–Crippen LogP) is 0.127. The zero-order valence-corrected chi connectivity index (χ0v) is 13.4. The smallest absolute Gasteiger partial charge is 0.404 e. The van der Waals surface area contributed by atoms with Crippen LogP contribution in [0.4, 0.5) is 10.5 Å². The molecular weight excluding hydrogens is 328 g/mol. The molecule has 0 spiro atoms. The second-order valence-electron chi connectivity index (χ2n) is 5.89. The van der Waals surface area contributed by atoms with Gasteiger partial charge in [0.2, 0.25) is 11.8 Å². The summed E-state index contributed by atoms with van der Waals surface area (Å²) in [7, 11) is 0. The van der Waals surface area contributed by atoms with Gasteiger partial charge < -0.3 is 20.6 Å². The van der Waals surface area contributed by atoms with Crippen LogP contribution in [-0.4, -0.2) is 53.0 Å². The minimum atomic E-state index is -1.10. The molecule has 2 heterocycles. The van der Waals surface area contributed by atoms with Crippen LogP contribution in [0.5, 0.6) is 0 Å². The van der Waals surface area contributed by atoms with E-state index in [4.69, 9.17) is 5.11 Å². The van der Waals surface area contributed by atoms with Crippen molar-refractivity contribution in [2.24, 2.45) is 0 Å². The number of carboxylic acid groups (broad SMARTS) is 1. The van der Waals surface area contributed by atoms with Gasteiger partial charge in [-0.1, -0.05) is 6.07 Å². The summed E-state index contributed by atoms with van der Waals surface area (Å²) in [5, 5.41) is 16.2. The number of nitrogens with zero attached hydrogens (tertiary/aromatic N) is 1. The molecule has 1 atom stereocenters. The molecule has 4 N–H and O–H groups in total. The van der Waals surface area contributed by atoms with Gasteiger partial charge in [0, 0.05) is 42.9 Å². The van der Waals surface area contributed by atoms with E-state index in [1.165, 1.54) is 4.90 Å². The average molecular weight is 346 g/mol. The van der Waals surface area contributed by atoms with E-state index in [-0.39, 0.29) is 31.3 Å². The summed E-state index contributed by atoms with van der Waals surface area (Å²) in [6.45, 7) is 0.870. The van der Waals surface area contributed by atoms with Gasteiger partial charge in [0.25, 0.3) is 5.91 Å². The summed E-state index contributed by atoms with van der Waals surface area (Å²) in [6.07, 6.45) is -0.572. The summed E-state index contributed by atoms with van der Waals surface area (Å²) >= 11 is 0. The van der Waals surface area contributed by atoms with Crippen molar-refractivity contribution in [2.45, 2.75) is 25.4 Å².